The van der Waals surface area contributed by atoms with Gasteiger partial charge in [-0.2, -0.15) is 0 Å². The van der Waals surface area contributed by atoms with Crippen molar-refractivity contribution in [3.05, 3.63) is 29.3 Å². The SMILES string of the molecule is O=C1NCCCCC1Nc1cccc2c1CCCC2. The van der Waals surface area contributed by atoms with Crippen LogP contribution in [0.4, 0.5) is 5.69 Å². The lowest BCUT2D eigenvalue weighted by Crippen LogP contribution is -2.38. The van der Waals surface area contributed by atoms with Crippen molar-refractivity contribution in [3.8, 4) is 0 Å². The van der Waals surface area contributed by atoms with Crippen molar-refractivity contribution in [3.63, 3.8) is 0 Å². The van der Waals surface area contributed by atoms with Gasteiger partial charge < -0.3 is 10.6 Å². The maximum atomic E-state index is 12.0. The predicted molar refractivity (Wildman–Crippen MR) is 77.4 cm³/mol. The van der Waals surface area contributed by atoms with Gasteiger partial charge in [-0.15, -0.1) is 0 Å². The van der Waals surface area contributed by atoms with Crippen LogP contribution in [0, 0.1) is 0 Å². The van der Waals surface area contributed by atoms with Crippen LogP contribution in [0.15, 0.2) is 18.2 Å². The fourth-order valence-corrected chi connectivity index (χ4v) is 3.18. The molecule has 2 N–H and O–H groups in total. The van der Waals surface area contributed by atoms with E-state index in [9.17, 15) is 4.79 Å². The van der Waals surface area contributed by atoms with E-state index in [-0.39, 0.29) is 11.9 Å². The van der Waals surface area contributed by atoms with Crippen LogP contribution in [0.2, 0.25) is 0 Å². The van der Waals surface area contributed by atoms with E-state index in [0.29, 0.717) is 0 Å². The van der Waals surface area contributed by atoms with Crippen molar-refractivity contribution in [2.45, 2.75) is 51.0 Å². The smallest absolute Gasteiger partial charge is 0.242 e. The highest BCUT2D eigenvalue weighted by atomic mass is 16.2. The summed E-state index contributed by atoms with van der Waals surface area (Å²) < 4.78 is 0. The van der Waals surface area contributed by atoms with Crippen molar-refractivity contribution >= 4 is 11.6 Å². The van der Waals surface area contributed by atoms with Crippen LogP contribution in [0.1, 0.15) is 43.2 Å². The Balaban J connectivity index is 1.80. The number of benzene rings is 1. The first-order chi connectivity index (χ1) is 9.34. The van der Waals surface area contributed by atoms with Crippen molar-refractivity contribution in [2.75, 3.05) is 11.9 Å². The standard InChI is InChI=1S/C16H22N2O/c19-16-15(9-3-4-11-17-16)18-14-10-5-7-12-6-1-2-8-13(12)14/h5,7,10,15,18H,1-4,6,8-9,11H2,(H,17,19). The molecule has 3 heteroatoms. The molecular weight excluding hydrogens is 236 g/mol. The molecule has 1 heterocycles. The Hall–Kier alpha value is -1.51. The second kappa shape index (κ2) is 5.64. The molecule has 0 aromatic heterocycles. The molecule has 1 aromatic rings. The largest absolute Gasteiger partial charge is 0.373 e. The van der Waals surface area contributed by atoms with Crippen LogP contribution in [0.5, 0.6) is 0 Å². The zero-order valence-electron chi connectivity index (χ0n) is 11.4. The topological polar surface area (TPSA) is 41.1 Å². The van der Waals surface area contributed by atoms with Crippen molar-refractivity contribution in [2.24, 2.45) is 0 Å². The molecule has 0 radical (unpaired) electrons. The molecular formula is C16H22N2O. The number of aryl methyl sites for hydroxylation is 1. The van der Waals surface area contributed by atoms with E-state index >= 15 is 0 Å². The Morgan fingerprint density at radius 1 is 1.11 bits per heavy atom. The number of fused-ring (bicyclic) bond motifs is 1. The maximum absolute atomic E-state index is 12.0. The maximum Gasteiger partial charge on any atom is 0.242 e. The van der Waals surface area contributed by atoms with Crippen LogP contribution >= 0.6 is 0 Å². The minimum atomic E-state index is -0.0593. The summed E-state index contributed by atoms with van der Waals surface area (Å²) in [5.41, 5.74) is 4.08. The molecule has 3 nitrogen and oxygen atoms in total. The first kappa shape index (κ1) is 12.5. The molecule has 102 valence electrons. The van der Waals surface area contributed by atoms with E-state index in [2.05, 4.69) is 28.8 Å². The zero-order valence-corrected chi connectivity index (χ0v) is 11.4. The van der Waals surface area contributed by atoms with Gasteiger partial charge >= 0.3 is 0 Å². The van der Waals surface area contributed by atoms with Crippen LogP contribution in [-0.4, -0.2) is 18.5 Å². The summed E-state index contributed by atoms with van der Waals surface area (Å²) in [5, 5.41) is 6.48. The Morgan fingerprint density at radius 3 is 2.95 bits per heavy atom. The molecule has 1 saturated heterocycles. The average Bonchev–Trinajstić information content (AvgIpc) is 2.65. The van der Waals surface area contributed by atoms with Gasteiger partial charge in [0.15, 0.2) is 0 Å². The number of rotatable bonds is 2. The van der Waals surface area contributed by atoms with Crippen molar-refractivity contribution in [1.29, 1.82) is 0 Å². The molecule has 0 spiro atoms. The number of anilines is 1. The molecule has 2 aliphatic rings. The molecule has 0 saturated carbocycles. The first-order valence-electron chi connectivity index (χ1n) is 7.49. The Morgan fingerprint density at radius 2 is 2.00 bits per heavy atom. The summed E-state index contributed by atoms with van der Waals surface area (Å²) in [7, 11) is 0. The first-order valence-corrected chi connectivity index (χ1v) is 7.49. The fraction of sp³-hybridized carbons (Fsp3) is 0.562. The third kappa shape index (κ3) is 2.75. The minimum absolute atomic E-state index is 0.0593. The summed E-state index contributed by atoms with van der Waals surface area (Å²) in [6.45, 7) is 0.823. The molecule has 1 unspecified atom stereocenters. The minimum Gasteiger partial charge on any atom is -0.373 e. The molecule has 3 rings (SSSR count). The summed E-state index contributed by atoms with van der Waals surface area (Å²) in [6.07, 6.45) is 8.04. The summed E-state index contributed by atoms with van der Waals surface area (Å²) in [5.74, 6) is 0.158. The molecule has 1 fully saturated rings. The van der Waals surface area contributed by atoms with Crippen LogP contribution < -0.4 is 10.6 Å². The van der Waals surface area contributed by atoms with Crippen molar-refractivity contribution in [1.82, 2.24) is 5.32 Å². The third-order valence-electron chi connectivity index (χ3n) is 4.26. The van der Waals surface area contributed by atoms with E-state index in [0.717, 1.165) is 32.2 Å². The van der Waals surface area contributed by atoms with E-state index in [4.69, 9.17) is 0 Å². The molecule has 0 bridgehead atoms. The molecule has 19 heavy (non-hydrogen) atoms. The van der Waals surface area contributed by atoms with Gasteiger partial charge in [0.25, 0.3) is 0 Å². The lowest BCUT2D eigenvalue weighted by atomic mass is 9.90. The molecule has 1 aliphatic carbocycles. The predicted octanol–water partition coefficient (Wildman–Crippen LogP) is 2.65. The Kier molecular flexibility index (Phi) is 3.72. The highest BCUT2D eigenvalue weighted by Crippen LogP contribution is 2.28. The van der Waals surface area contributed by atoms with Crippen LogP contribution in [-0.2, 0) is 17.6 Å². The molecule has 1 atom stereocenters. The molecule has 1 amide bonds. The fourth-order valence-electron chi connectivity index (χ4n) is 3.18. The van der Waals surface area contributed by atoms with E-state index in [1.807, 2.05) is 0 Å². The van der Waals surface area contributed by atoms with Gasteiger partial charge in [0.05, 0.1) is 0 Å². The molecule has 1 aliphatic heterocycles. The zero-order chi connectivity index (χ0) is 13.1. The van der Waals surface area contributed by atoms with Gasteiger partial charge in [-0.1, -0.05) is 12.1 Å². The highest BCUT2D eigenvalue weighted by Gasteiger charge is 2.22. The Bertz CT molecular complexity index is 470. The van der Waals surface area contributed by atoms with Gasteiger partial charge in [0, 0.05) is 12.2 Å². The average molecular weight is 258 g/mol. The number of carbonyl (C=O) groups excluding carboxylic acids is 1. The molecule has 1 aromatic carbocycles. The van der Waals surface area contributed by atoms with Gasteiger partial charge in [0.2, 0.25) is 5.91 Å². The lowest BCUT2D eigenvalue weighted by molar-refractivity contribution is -0.121. The monoisotopic (exact) mass is 258 g/mol. The number of hydrogen-bond acceptors (Lipinski definition) is 2. The summed E-state index contributed by atoms with van der Waals surface area (Å²) in [4.78, 5) is 12.0. The van der Waals surface area contributed by atoms with Gasteiger partial charge in [-0.3, -0.25) is 4.79 Å². The number of carbonyl (C=O) groups is 1. The number of amides is 1. The quantitative estimate of drug-likeness (QED) is 0.856. The Labute approximate surface area is 114 Å². The van der Waals surface area contributed by atoms with Crippen LogP contribution in [0.3, 0.4) is 0 Å². The third-order valence-corrected chi connectivity index (χ3v) is 4.26. The van der Waals surface area contributed by atoms with E-state index in [1.165, 1.54) is 36.1 Å². The summed E-state index contributed by atoms with van der Waals surface area (Å²) in [6, 6.07) is 6.41. The number of nitrogens with one attached hydrogen (secondary N) is 2. The normalized spacial score (nSPS) is 23.2. The van der Waals surface area contributed by atoms with Crippen molar-refractivity contribution < 1.29 is 4.79 Å². The van der Waals surface area contributed by atoms with Gasteiger partial charge in [-0.25, -0.2) is 0 Å². The highest BCUT2D eigenvalue weighted by molar-refractivity contribution is 5.85. The van der Waals surface area contributed by atoms with Gasteiger partial charge in [-0.05, 0) is 62.1 Å². The van der Waals surface area contributed by atoms with E-state index in [1.54, 1.807) is 0 Å². The number of hydrogen-bond donors (Lipinski definition) is 2. The van der Waals surface area contributed by atoms with E-state index < -0.39 is 0 Å². The van der Waals surface area contributed by atoms with Gasteiger partial charge in [0.1, 0.15) is 6.04 Å². The lowest BCUT2D eigenvalue weighted by Gasteiger charge is -2.23. The second-order valence-electron chi connectivity index (χ2n) is 5.63. The second-order valence-corrected chi connectivity index (χ2v) is 5.63. The van der Waals surface area contributed by atoms with Crippen LogP contribution in [0.25, 0.3) is 0 Å². The summed E-state index contributed by atoms with van der Waals surface area (Å²) >= 11 is 0.